The summed E-state index contributed by atoms with van der Waals surface area (Å²) in [5, 5.41) is 11.1. The molecular formula is C14H17NO3. The van der Waals surface area contributed by atoms with Crippen molar-refractivity contribution in [3.8, 4) is 0 Å². The number of hydrogen-bond acceptors (Lipinski definition) is 2. The maximum absolute atomic E-state index is 11.2. The summed E-state index contributed by atoms with van der Waals surface area (Å²) < 4.78 is 0. The maximum Gasteiger partial charge on any atom is 0.303 e. The number of carboxylic acid groups (broad SMARTS) is 1. The Labute approximate surface area is 106 Å². The summed E-state index contributed by atoms with van der Waals surface area (Å²) in [6.45, 7) is 0.530. The molecule has 0 atom stereocenters. The van der Waals surface area contributed by atoms with Crippen LogP contribution in [0.4, 0.5) is 0 Å². The van der Waals surface area contributed by atoms with Crippen molar-refractivity contribution in [1.29, 1.82) is 0 Å². The van der Waals surface area contributed by atoms with E-state index < -0.39 is 5.97 Å². The van der Waals surface area contributed by atoms with Gasteiger partial charge in [-0.1, -0.05) is 42.5 Å². The van der Waals surface area contributed by atoms with E-state index in [-0.39, 0.29) is 18.7 Å². The van der Waals surface area contributed by atoms with E-state index in [1.165, 1.54) is 0 Å². The summed E-state index contributed by atoms with van der Waals surface area (Å²) in [5.74, 6) is -1.17. The Morgan fingerprint density at radius 1 is 1.17 bits per heavy atom. The van der Waals surface area contributed by atoms with E-state index in [2.05, 4.69) is 5.32 Å². The smallest absolute Gasteiger partial charge is 0.303 e. The molecule has 0 spiro atoms. The molecule has 0 bridgehead atoms. The molecular weight excluding hydrogens is 230 g/mol. The van der Waals surface area contributed by atoms with Crippen molar-refractivity contribution in [2.24, 2.45) is 0 Å². The van der Waals surface area contributed by atoms with Gasteiger partial charge in [-0.3, -0.25) is 9.59 Å². The van der Waals surface area contributed by atoms with Crippen LogP contribution in [-0.2, 0) is 9.59 Å². The SMILES string of the molecule is O=C(O)CCC(=O)NCC/C=C\c1ccccc1. The molecule has 1 aromatic rings. The van der Waals surface area contributed by atoms with E-state index >= 15 is 0 Å². The van der Waals surface area contributed by atoms with Crippen molar-refractivity contribution in [2.45, 2.75) is 19.3 Å². The van der Waals surface area contributed by atoms with Crippen LogP contribution in [0.15, 0.2) is 36.4 Å². The van der Waals surface area contributed by atoms with Gasteiger partial charge in [0.2, 0.25) is 5.91 Å². The lowest BCUT2D eigenvalue weighted by molar-refractivity contribution is -0.138. The Morgan fingerprint density at radius 2 is 1.89 bits per heavy atom. The number of carbonyl (C=O) groups excluding carboxylic acids is 1. The molecule has 0 aliphatic carbocycles. The van der Waals surface area contributed by atoms with Crippen LogP contribution in [0.5, 0.6) is 0 Å². The van der Waals surface area contributed by atoms with Crippen LogP contribution in [-0.4, -0.2) is 23.5 Å². The van der Waals surface area contributed by atoms with Gasteiger partial charge in [0.25, 0.3) is 0 Å². The molecule has 18 heavy (non-hydrogen) atoms. The zero-order valence-corrected chi connectivity index (χ0v) is 10.1. The number of nitrogens with one attached hydrogen (secondary N) is 1. The highest BCUT2D eigenvalue weighted by Crippen LogP contribution is 2.01. The molecule has 0 unspecified atom stereocenters. The number of amides is 1. The predicted octanol–water partition coefficient (Wildman–Crippen LogP) is 2.07. The number of aliphatic carboxylic acids is 1. The molecule has 96 valence electrons. The van der Waals surface area contributed by atoms with Gasteiger partial charge in [-0.15, -0.1) is 0 Å². The Morgan fingerprint density at radius 3 is 2.56 bits per heavy atom. The van der Waals surface area contributed by atoms with Crippen molar-refractivity contribution in [3.63, 3.8) is 0 Å². The molecule has 1 amide bonds. The van der Waals surface area contributed by atoms with Gasteiger partial charge < -0.3 is 10.4 Å². The lowest BCUT2D eigenvalue weighted by atomic mass is 10.2. The summed E-state index contributed by atoms with van der Waals surface area (Å²) >= 11 is 0. The normalized spacial score (nSPS) is 10.4. The summed E-state index contributed by atoms with van der Waals surface area (Å²) in [6.07, 6.45) is 4.62. The number of benzene rings is 1. The quantitative estimate of drug-likeness (QED) is 0.725. The minimum atomic E-state index is -0.950. The van der Waals surface area contributed by atoms with E-state index in [1.54, 1.807) is 0 Å². The van der Waals surface area contributed by atoms with Crippen molar-refractivity contribution in [3.05, 3.63) is 42.0 Å². The number of carboxylic acids is 1. The third-order valence-electron chi connectivity index (χ3n) is 2.31. The second kappa shape index (κ2) is 8.06. The summed E-state index contributed by atoms with van der Waals surface area (Å²) in [7, 11) is 0. The molecule has 4 nitrogen and oxygen atoms in total. The fourth-order valence-electron chi connectivity index (χ4n) is 1.39. The van der Waals surface area contributed by atoms with E-state index in [0.29, 0.717) is 6.54 Å². The van der Waals surface area contributed by atoms with Gasteiger partial charge in [-0.25, -0.2) is 0 Å². The molecule has 0 aliphatic rings. The summed E-state index contributed by atoms with van der Waals surface area (Å²) in [4.78, 5) is 21.4. The first-order valence-electron chi connectivity index (χ1n) is 5.88. The Balaban J connectivity index is 2.13. The number of hydrogen-bond donors (Lipinski definition) is 2. The molecule has 0 aromatic heterocycles. The van der Waals surface area contributed by atoms with Gasteiger partial charge in [0.1, 0.15) is 0 Å². The third kappa shape index (κ3) is 6.48. The van der Waals surface area contributed by atoms with Gasteiger partial charge in [0.15, 0.2) is 0 Å². The second-order valence-electron chi connectivity index (χ2n) is 3.85. The molecule has 0 heterocycles. The van der Waals surface area contributed by atoms with Crippen molar-refractivity contribution >= 4 is 18.0 Å². The van der Waals surface area contributed by atoms with Gasteiger partial charge in [-0.05, 0) is 12.0 Å². The van der Waals surface area contributed by atoms with Crippen molar-refractivity contribution in [2.75, 3.05) is 6.54 Å². The van der Waals surface area contributed by atoms with Crippen molar-refractivity contribution in [1.82, 2.24) is 5.32 Å². The minimum Gasteiger partial charge on any atom is -0.481 e. The van der Waals surface area contributed by atoms with Crippen LogP contribution in [0.3, 0.4) is 0 Å². The first kappa shape index (κ1) is 14.0. The Bertz CT molecular complexity index is 412. The number of carbonyl (C=O) groups is 2. The van der Waals surface area contributed by atoms with E-state index in [9.17, 15) is 9.59 Å². The average Bonchev–Trinajstić information content (AvgIpc) is 2.37. The molecule has 2 N–H and O–H groups in total. The molecule has 0 aliphatic heterocycles. The Kier molecular flexibility index (Phi) is 6.25. The monoisotopic (exact) mass is 247 g/mol. The van der Waals surface area contributed by atoms with Crippen LogP contribution >= 0.6 is 0 Å². The fraction of sp³-hybridized carbons (Fsp3) is 0.286. The molecule has 0 saturated heterocycles. The highest BCUT2D eigenvalue weighted by molar-refractivity contribution is 5.80. The third-order valence-corrected chi connectivity index (χ3v) is 2.31. The summed E-state index contributed by atoms with van der Waals surface area (Å²) in [6, 6.07) is 9.89. The predicted molar refractivity (Wildman–Crippen MR) is 70.0 cm³/mol. The molecule has 4 heteroatoms. The van der Waals surface area contributed by atoms with Crippen LogP contribution in [0.25, 0.3) is 6.08 Å². The van der Waals surface area contributed by atoms with Crippen molar-refractivity contribution < 1.29 is 14.7 Å². The van der Waals surface area contributed by atoms with Crippen LogP contribution in [0.1, 0.15) is 24.8 Å². The lowest BCUT2D eigenvalue weighted by Crippen LogP contribution is -2.24. The van der Waals surface area contributed by atoms with E-state index in [0.717, 1.165) is 12.0 Å². The topological polar surface area (TPSA) is 66.4 Å². The standard InChI is InChI=1S/C14H17NO3/c16-13(9-10-14(17)18)15-11-5-4-8-12-6-2-1-3-7-12/h1-4,6-8H,5,9-11H2,(H,15,16)(H,17,18)/b8-4-. The zero-order valence-electron chi connectivity index (χ0n) is 10.1. The van der Waals surface area contributed by atoms with Crippen LogP contribution in [0.2, 0.25) is 0 Å². The van der Waals surface area contributed by atoms with Gasteiger partial charge >= 0.3 is 5.97 Å². The first-order chi connectivity index (χ1) is 8.68. The highest BCUT2D eigenvalue weighted by atomic mass is 16.4. The number of rotatable bonds is 7. The lowest BCUT2D eigenvalue weighted by Gasteiger charge is -2.01. The molecule has 1 rings (SSSR count). The highest BCUT2D eigenvalue weighted by Gasteiger charge is 2.03. The first-order valence-corrected chi connectivity index (χ1v) is 5.88. The zero-order chi connectivity index (χ0) is 13.2. The van der Waals surface area contributed by atoms with Crippen LogP contribution in [0, 0.1) is 0 Å². The van der Waals surface area contributed by atoms with Gasteiger partial charge in [-0.2, -0.15) is 0 Å². The molecule has 0 saturated carbocycles. The molecule has 0 fully saturated rings. The largest absolute Gasteiger partial charge is 0.481 e. The molecule has 1 aromatic carbocycles. The minimum absolute atomic E-state index is 0.0394. The van der Waals surface area contributed by atoms with E-state index in [4.69, 9.17) is 5.11 Å². The van der Waals surface area contributed by atoms with E-state index in [1.807, 2.05) is 42.5 Å². The second-order valence-corrected chi connectivity index (χ2v) is 3.85. The fourth-order valence-corrected chi connectivity index (χ4v) is 1.39. The molecule has 0 radical (unpaired) electrons. The van der Waals surface area contributed by atoms with Crippen LogP contribution < -0.4 is 5.32 Å². The average molecular weight is 247 g/mol. The Hall–Kier alpha value is -2.10. The summed E-state index contributed by atoms with van der Waals surface area (Å²) in [5.41, 5.74) is 1.12. The van der Waals surface area contributed by atoms with Gasteiger partial charge in [0, 0.05) is 13.0 Å². The maximum atomic E-state index is 11.2. The van der Waals surface area contributed by atoms with Gasteiger partial charge in [0.05, 0.1) is 6.42 Å².